The zero-order chi connectivity index (χ0) is 22.8. The van der Waals surface area contributed by atoms with Gasteiger partial charge in [-0.25, -0.2) is 18.4 Å². The minimum absolute atomic E-state index is 0.247. The lowest BCUT2D eigenvalue weighted by Gasteiger charge is -2.25. The number of aromatic nitrogens is 4. The van der Waals surface area contributed by atoms with Crippen molar-refractivity contribution < 1.29 is 12.8 Å². The van der Waals surface area contributed by atoms with Crippen molar-refractivity contribution >= 4 is 32.8 Å². The van der Waals surface area contributed by atoms with Crippen LogP contribution in [0.3, 0.4) is 0 Å². The monoisotopic (exact) mass is 481 g/mol. The first-order valence-corrected chi connectivity index (χ1v) is 13.2. The van der Waals surface area contributed by atoms with E-state index in [9.17, 15) is 8.42 Å². The molecule has 33 heavy (non-hydrogen) atoms. The van der Waals surface area contributed by atoms with Gasteiger partial charge in [-0.15, -0.1) is 10.2 Å². The SMILES string of the molecule is Cc1nc2ccccc2nc1CSc1nnc(-c2cccc(S(=O)(=O)N3CCCCC3)c2)o1. The fourth-order valence-electron chi connectivity index (χ4n) is 3.82. The van der Waals surface area contributed by atoms with Crippen molar-refractivity contribution in [1.29, 1.82) is 0 Å². The normalized spacial score (nSPS) is 15.2. The lowest BCUT2D eigenvalue weighted by Crippen LogP contribution is -2.35. The molecule has 0 saturated carbocycles. The average Bonchev–Trinajstić information content (AvgIpc) is 3.32. The molecule has 1 aliphatic heterocycles. The average molecular weight is 482 g/mol. The van der Waals surface area contributed by atoms with Gasteiger partial charge in [0, 0.05) is 24.4 Å². The molecule has 3 heterocycles. The van der Waals surface area contributed by atoms with Crippen molar-refractivity contribution in [1.82, 2.24) is 24.5 Å². The Labute approximate surface area is 196 Å². The molecule has 0 aliphatic carbocycles. The molecule has 4 aromatic rings. The first-order chi connectivity index (χ1) is 16.0. The summed E-state index contributed by atoms with van der Waals surface area (Å²) in [6.45, 7) is 3.05. The van der Waals surface area contributed by atoms with Crippen molar-refractivity contribution in [2.75, 3.05) is 13.1 Å². The predicted octanol–water partition coefficient (Wildman–Crippen LogP) is 4.46. The maximum atomic E-state index is 13.0. The summed E-state index contributed by atoms with van der Waals surface area (Å²) in [5.41, 5.74) is 4.00. The molecule has 0 N–H and O–H groups in total. The largest absolute Gasteiger partial charge is 0.411 e. The Balaban J connectivity index is 1.33. The van der Waals surface area contributed by atoms with Crippen LogP contribution in [0.2, 0.25) is 0 Å². The van der Waals surface area contributed by atoms with Gasteiger partial charge in [0.05, 0.1) is 27.3 Å². The third-order valence-corrected chi connectivity index (χ3v) is 8.34. The fraction of sp³-hybridized carbons (Fsp3) is 0.304. The van der Waals surface area contributed by atoms with Gasteiger partial charge in [-0.1, -0.05) is 36.4 Å². The number of aryl methyl sites for hydroxylation is 1. The Hall–Kier alpha value is -2.82. The molecule has 0 bridgehead atoms. The number of sulfonamides is 1. The Morgan fingerprint density at radius 2 is 1.73 bits per heavy atom. The molecule has 1 aliphatic rings. The van der Waals surface area contributed by atoms with E-state index in [1.54, 1.807) is 28.6 Å². The second kappa shape index (κ2) is 9.20. The van der Waals surface area contributed by atoms with Crippen LogP contribution in [0, 0.1) is 6.92 Å². The highest BCUT2D eigenvalue weighted by molar-refractivity contribution is 7.98. The summed E-state index contributed by atoms with van der Waals surface area (Å²) in [6, 6.07) is 14.4. The lowest BCUT2D eigenvalue weighted by molar-refractivity contribution is 0.346. The van der Waals surface area contributed by atoms with Gasteiger partial charge < -0.3 is 4.42 Å². The second-order valence-corrected chi connectivity index (χ2v) is 10.8. The molecule has 1 fully saturated rings. The van der Waals surface area contributed by atoms with Crippen molar-refractivity contribution in [3.63, 3.8) is 0 Å². The number of thioether (sulfide) groups is 1. The van der Waals surface area contributed by atoms with E-state index in [1.807, 2.05) is 31.2 Å². The third kappa shape index (κ3) is 4.64. The van der Waals surface area contributed by atoms with E-state index in [1.165, 1.54) is 11.8 Å². The van der Waals surface area contributed by atoms with Crippen LogP contribution in [0.15, 0.2) is 63.1 Å². The summed E-state index contributed by atoms with van der Waals surface area (Å²) in [5.74, 6) is 0.823. The molecule has 1 saturated heterocycles. The highest BCUT2D eigenvalue weighted by Gasteiger charge is 2.26. The standard InChI is InChI=1S/C23H23N5O3S2/c1-16-21(25-20-11-4-3-10-19(20)24-16)15-32-23-27-26-22(31-23)17-8-7-9-18(14-17)33(29,30)28-12-5-2-6-13-28/h3-4,7-11,14H,2,5-6,12-13,15H2,1H3. The van der Waals surface area contributed by atoms with Crippen molar-refractivity contribution in [3.05, 3.63) is 59.9 Å². The van der Waals surface area contributed by atoms with E-state index < -0.39 is 10.0 Å². The highest BCUT2D eigenvalue weighted by atomic mass is 32.2. The number of nitrogens with zero attached hydrogens (tertiary/aromatic N) is 5. The Morgan fingerprint density at radius 3 is 2.52 bits per heavy atom. The van der Waals surface area contributed by atoms with E-state index in [4.69, 9.17) is 9.40 Å². The minimum Gasteiger partial charge on any atom is -0.411 e. The van der Waals surface area contributed by atoms with E-state index in [-0.39, 0.29) is 10.8 Å². The molecule has 0 atom stereocenters. The number of hydrogen-bond acceptors (Lipinski definition) is 8. The molecule has 0 amide bonds. The van der Waals surface area contributed by atoms with Crippen LogP contribution >= 0.6 is 11.8 Å². The lowest BCUT2D eigenvalue weighted by atomic mass is 10.2. The summed E-state index contributed by atoms with van der Waals surface area (Å²) in [7, 11) is -3.53. The second-order valence-electron chi connectivity index (χ2n) is 7.90. The molecule has 0 spiro atoms. The quantitative estimate of drug-likeness (QED) is 0.372. The molecule has 2 aromatic heterocycles. The number of hydrogen-bond donors (Lipinski definition) is 0. The Morgan fingerprint density at radius 1 is 0.970 bits per heavy atom. The maximum absolute atomic E-state index is 13.0. The van der Waals surface area contributed by atoms with Gasteiger partial charge in [0.2, 0.25) is 15.9 Å². The zero-order valence-electron chi connectivity index (χ0n) is 18.1. The van der Waals surface area contributed by atoms with E-state index in [2.05, 4.69) is 15.2 Å². The summed E-state index contributed by atoms with van der Waals surface area (Å²) in [4.78, 5) is 9.55. The van der Waals surface area contributed by atoms with Crippen LogP contribution in [-0.2, 0) is 15.8 Å². The van der Waals surface area contributed by atoms with E-state index in [0.29, 0.717) is 29.6 Å². The van der Waals surface area contributed by atoms with E-state index in [0.717, 1.165) is 41.7 Å². The molecule has 2 aromatic carbocycles. The van der Waals surface area contributed by atoms with Gasteiger partial charge in [-0.2, -0.15) is 4.31 Å². The van der Waals surface area contributed by atoms with Crippen LogP contribution in [0.4, 0.5) is 0 Å². The molecule has 5 rings (SSSR count). The number of para-hydroxylation sites is 2. The van der Waals surface area contributed by atoms with Crippen LogP contribution in [0.25, 0.3) is 22.5 Å². The van der Waals surface area contributed by atoms with Gasteiger partial charge in [0.25, 0.3) is 5.22 Å². The molecular formula is C23H23N5O3S2. The molecule has 0 unspecified atom stereocenters. The third-order valence-electron chi connectivity index (χ3n) is 5.62. The van der Waals surface area contributed by atoms with Crippen LogP contribution < -0.4 is 0 Å². The van der Waals surface area contributed by atoms with Crippen molar-refractivity contribution in [2.24, 2.45) is 0 Å². The Kier molecular flexibility index (Phi) is 6.13. The van der Waals surface area contributed by atoms with Crippen LogP contribution in [-0.4, -0.2) is 46.0 Å². The summed E-state index contributed by atoms with van der Waals surface area (Å²) < 4.78 is 33.4. The molecule has 0 radical (unpaired) electrons. The van der Waals surface area contributed by atoms with Gasteiger partial charge in [-0.3, -0.25) is 0 Å². The molecule has 170 valence electrons. The van der Waals surface area contributed by atoms with Gasteiger partial charge >= 0.3 is 0 Å². The van der Waals surface area contributed by atoms with Crippen LogP contribution in [0.5, 0.6) is 0 Å². The first kappa shape index (κ1) is 22.0. The molecule has 8 nitrogen and oxygen atoms in total. The zero-order valence-corrected chi connectivity index (χ0v) is 19.8. The smallest absolute Gasteiger partial charge is 0.277 e. The van der Waals surface area contributed by atoms with Gasteiger partial charge in [0.1, 0.15) is 0 Å². The predicted molar refractivity (Wildman–Crippen MR) is 126 cm³/mol. The fourth-order valence-corrected chi connectivity index (χ4v) is 6.15. The maximum Gasteiger partial charge on any atom is 0.277 e. The number of piperidine rings is 1. The van der Waals surface area contributed by atoms with Crippen molar-refractivity contribution in [2.45, 2.75) is 42.1 Å². The van der Waals surface area contributed by atoms with Gasteiger partial charge in [-0.05, 0) is 50.1 Å². The Bertz CT molecular complexity index is 1400. The first-order valence-electron chi connectivity index (χ1n) is 10.8. The molecule has 10 heteroatoms. The summed E-state index contributed by atoms with van der Waals surface area (Å²) >= 11 is 1.37. The number of rotatable bonds is 6. The van der Waals surface area contributed by atoms with Crippen LogP contribution in [0.1, 0.15) is 30.7 Å². The number of benzene rings is 2. The number of fused-ring (bicyclic) bond motifs is 1. The minimum atomic E-state index is -3.53. The topological polar surface area (TPSA) is 102 Å². The summed E-state index contributed by atoms with van der Waals surface area (Å²) in [6.07, 6.45) is 2.85. The van der Waals surface area contributed by atoms with E-state index >= 15 is 0 Å². The summed E-state index contributed by atoms with van der Waals surface area (Å²) in [5, 5.41) is 8.64. The molecular weight excluding hydrogens is 458 g/mol. The van der Waals surface area contributed by atoms with Crippen molar-refractivity contribution in [3.8, 4) is 11.5 Å². The highest BCUT2D eigenvalue weighted by Crippen LogP contribution is 2.29. The van der Waals surface area contributed by atoms with Gasteiger partial charge in [0.15, 0.2) is 0 Å².